The van der Waals surface area contributed by atoms with Gasteiger partial charge in [0, 0.05) is 34.2 Å². The summed E-state index contributed by atoms with van der Waals surface area (Å²) in [7, 11) is 6.08. The number of anilines is 1. The van der Waals surface area contributed by atoms with Crippen molar-refractivity contribution in [1.29, 1.82) is 0 Å². The lowest BCUT2D eigenvalue weighted by molar-refractivity contribution is 0.597. The maximum atomic E-state index is 4.42. The minimum absolute atomic E-state index is 0.512. The quantitative estimate of drug-likeness (QED) is 0.876. The number of rotatable bonds is 6. The Morgan fingerprint density at radius 1 is 1.25 bits per heavy atom. The number of nitrogens with one attached hydrogen (secondary N) is 1. The van der Waals surface area contributed by atoms with Gasteiger partial charge in [-0.2, -0.15) is 0 Å². The van der Waals surface area contributed by atoms with Crippen LogP contribution in [0.1, 0.15) is 24.1 Å². The van der Waals surface area contributed by atoms with Crippen LogP contribution in [-0.2, 0) is 13.6 Å². The molecule has 0 bridgehead atoms. The van der Waals surface area contributed by atoms with E-state index in [1.165, 1.54) is 11.3 Å². The van der Waals surface area contributed by atoms with Crippen molar-refractivity contribution in [3.8, 4) is 0 Å². The van der Waals surface area contributed by atoms with E-state index in [9.17, 15) is 0 Å². The molecule has 1 aromatic carbocycles. The highest BCUT2D eigenvalue weighted by Gasteiger charge is 2.09. The van der Waals surface area contributed by atoms with Crippen molar-refractivity contribution in [2.45, 2.75) is 19.4 Å². The van der Waals surface area contributed by atoms with Gasteiger partial charge in [-0.1, -0.05) is 37.3 Å². The summed E-state index contributed by atoms with van der Waals surface area (Å²) in [5.41, 5.74) is 2.58. The van der Waals surface area contributed by atoms with Gasteiger partial charge in [0.25, 0.3) is 0 Å². The normalized spacial score (nSPS) is 12.4. The molecule has 4 nitrogen and oxygen atoms in total. The van der Waals surface area contributed by atoms with E-state index in [0.29, 0.717) is 5.92 Å². The van der Waals surface area contributed by atoms with Gasteiger partial charge >= 0.3 is 0 Å². The first kappa shape index (κ1) is 14.6. The third-order valence-electron chi connectivity index (χ3n) is 3.59. The van der Waals surface area contributed by atoms with Gasteiger partial charge in [0.2, 0.25) is 5.95 Å². The van der Waals surface area contributed by atoms with Gasteiger partial charge in [-0.3, -0.25) is 0 Å². The average molecular weight is 272 g/mol. The predicted octanol–water partition coefficient (Wildman–Crippen LogP) is 2.38. The van der Waals surface area contributed by atoms with Gasteiger partial charge in [0.15, 0.2) is 0 Å². The number of aromatic nitrogens is 2. The molecule has 0 spiro atoms. The van der Waals surface area contributed by atoms with Gasteiger partial charge in [-0.25, -0.2) is 4.98 Å². The molecule has 1 N–H and O–H groups in total. The van der Waals surface area contributed by atoms with E-state index in [0.717, 1.165) is 19.0 Å². The second-order valence-electron chi connectivity index (χ2n) is 5.45. The predicted molar refractivity (Wildman–Crippen MR) is 84.1 cm³/mol. The van der Waals surface area contributed by atoms with Crippen LogP contribution in [0, 0.1) is 0 Å². The number of imidazole rings is 1. The molecule has 2 rings (SSSR count). The van der Waals surface area contributed by atoms with Crippen LogP contribution in [0.25, 0.3) is 0 Å². The molecule has 0 aliphatic heterocycles. The Labute approximate surface area is 121 Å². The summed E-state index contributed by atoms with van der Waals surface area (Å²) in [6.45, 7) is 4.05. The molecule has 0 saturated carbocycles. The lowest BCUT2D eigenvalue weighted by Gasteiger charge is -2.15. The van der Waals surface area contributed by atoms with Crippen LogP contribution in [0.15, 0.2) is 36.5 Å². The molecule has 1 unspecified atom stereocenters. The highest BCUT2D eigenvalue weighted by atomic mass is 15.3. The first-order chi connectivity index (χ1) is 9.59. The Morgan fingerprint density at radius 3 is 2.55 bits per heavy atom. The van der Waals surface area contributed by atoms with E-state index in [2.05, 4.69) is 59.2 Å². The standard InChI is InChI=1S/C16H24N4/c1-13(14-8-6-5-7-9-14)10-17-11-15-12-18-16(19(2)3)20(15)4/h5-9,12-13,17H,10-11H2,1-4H3. The summed E-state index contributed by atoms with van der Waals surface area (Å²) < 4.78 is 2.13. The van der Waals surface area contributed by atoms with Gasteiger partial charge in [-0.05, 0) is 11.5 Å². The van der Waals surface area contributed by atoms with E-state index >= 15 is 0 Å². The smallest absolute Gasteiger partial charge is 0.204 e. The van der Waals surface area contributed by atoms with Gasteiger partial charge < -0.3 is 14.8 Å². The van der Waals surface area contributed by atoms with Gasteiger partial charge in [-0.15, -0.1) is 0 Å². The molecule has 0 fully saturated rings. The lowest BCUT2D eigenvalue weighted by Crippen LogP contribution is -2.21. The summed E-state index contributed by atoms with van der Waals surface area (Å²) in [4.78, 5) is 6.44. The van der Waals surface area contributed by atoms with Crippen molar-refractivity contribution >= 4 is 5.95 Å². The minimum atomic E-state index is 0.512. The Kier molecular flexibility index (Phi) is 4.79. The molecule has 0 amide bonds. The fourth-order valence-corrected chi connectivity index (χ4v) is 2.33. The number of benzene rings is 1. The second-order valence-corrected chi connectivity index (χ2v) is 5.45. The molecule has 20 heavy (non-hydrogen) atoms. The molecule has 1 atom stereocenters. The van der Waals surface area contributed by atoms with E-state index in [1.54, 1.807) is 0 Å². The van der Waals surface area contributed by atoms with E-state index < -0.39 is 0 Å². The van der Waals surface area contributed by atoms with Crippen molar-refractivity contribution in [3.05, 3.63) is 47.8 Å². The zero-order valence-corrected chi connectivity index (χ0v) is 12.8. The molecule has 1 aromatic heterocycles. The van der Waals surface area contributed by atoms with E-state index in [1.807, 2.05) is 25.2 Å². The van der Waals surface area contributed by atoms with Crippen molar-refractivity contribution in [1.82, 2.24) is 14.9 Å². The first-order valence-corrected chi connectivity index (χ1v) is 7.03. The molecular formula is C16H24N4. The summed E-state index contributed by atoms with van der Waals surface area (Å²) >= 11 is 0. The molecule has 4 heteroatoms. The summed E-state index contributed by atoms with van der Waals surface area (Å²) in [6.07, 6.45) is 1.94. The van der Waals surface area contributed by atoms with Crippen LogP contribution >= 0.6 is 0 Å². The Morgan fingerprint density at radius 2 is 1.95 bits per heavy atom. The molecular weight excluding hydrogens is 248 g/mol. The molecule has 0 radical (unpaired) electrons. The van der Waals surface area contributed by atoms with Gasteiger partial charge in [0.1, 0.15) is 0 Å². The van der Waals surface area contributed by atoms with Crippen LogP contribution in [-0.4, -0.2) is 30.2 Å². The van der Waals surface area contributed by atoms with Crippen LogP contribution < -0.4 is 10.2 Å². The lowest BCUT2D eigenvalue weighted by atomic mass is 10.0. The van der Waals surface area contributed by atoms with Crippen molar-refractivity contribution in [3.63, 3.8) is 0 Å². The molecule has 0 saturated heterocycles. The highest BCUT2D eigenvalue weighted by molar-refractivity contribution is 5.30. The first-order valence-electron chi connectivity index (χ1n) is 7.03. The van der Waals surface area contributed by atoms with E-state index in [4.69, 9.17) is 0 Å². The molecule has 108 valence electrons. The number of nitrogens with zero attached hydrogens (tertiary/aromatic N) is 3. The Bertz CT molecular complexity index is 531. The van der Waals surface area contributed by atoms with Crippen molar-refractivity contribution < 1.29 is 0 Å². The molecule has 2 aromatic rings. The third kappa shape index (κ3) is 3.39. The maximum Gasteiger partial charge on any atom is 0.204 e. The largest absolute Gasteiger partial charge is 0.348 e. The van der Waals surface area contributed by atoms with Crippen LogP contribution in [0.4, 0.5) is 5.95 Å². The zero-order chi connectivity index (χ0) is 14.5. The van der Waals surface area contributed by atoms with Crippen LogP contribution in [0.5, 0.6) is 0 Å². The fraction of sp³-hybridized carbons (Fsp3) is 0.438. The third-order valence-corrected chi connectivity index (χ3v) is 3.59. The number of hydrogen-bond acceptors (Lipinski definition) is 3. The Balaban J connectivity index is 1.87. The van der Waals surface area contributed by atoms with E-state index in [-0.39, 0.29) is 0 Å². The monoisotopic (exact) mass is 272 g/mol. The SMILES string of the molecule is CC(CNCc1cnc(N(C)C)n1C)c1ccccc1. The van der Waals surface area contributed by atoms with Crippen molar-refractivity contribution in [2.75, 3.05) is 25.5 Å². The number of hydrogen-bond donors (Lipinski definition) is 1. The fourth-order valence-electron chi connectivity index (χ4n) is 2.33. The van der Waals surface area contributed by atoms with Crippen LogP contribution in [0.2, 0.25) is 0 Å². The molecule has 1 heterocycles. The molecule has 0 aliphatic rings. The maximum absolute atomic E-state index is 4.42. The summed E-state index contributed by atoms with van der Waals surface area (Å²) in [5, 5.41) is 3.51. The molecule has 0 aliphatic carbocycles. The van der Waals surface area contributed by atoms with Crippen molar-refractivity contribution in [2.24, 2.45) is 7.05 Å². The topological polar surface area (TPSA) is 33.1 Å². The minimum Gasteiger partial charge on any atom is -0.348 e. The van der Waals surface area contributed by atoms with Crippen LogP contribution in [0.3, 0.4) is 0 Å². The summed E-state index contributed by atoms with van der Waals surface area (Å²) in [5.74, 6) is 1.50. The Hall–Kier alpha value is -1.81. The highest BCUT2D eigenvalue weighted by Crippen LogP contribution is 2.14. The zero-order valence-electron chi connectivity index (χ0n) is 12.8. The van der Waals surface area contributed by atoms with Gasteiger partial charge in [0.05, 0.1) is 11.9 Å². The average Bonchev–Trinajstić information content (AvgIpc) is 2.81. The summed E-state index contributed by atoms with van der Waals surface area (Å²) in [6, 6.07) is 10.6. The second kappa shape index (κ2) is 6.57.